The first-order valence-electron chi connectivity index (χ1n) is 2.91. The maximum absolute atomic E-state index is 5.65. The normalized spacial score (nSPS) is 10.7. The van der Waals surface area contributed by atoms with Crippen LogP contribution in [0.1, 0.15) is 0 Å². The van der Waals surface area contributed by atoms with Crippen molar-refractivity contribution < 1.29 is 0 Å². The molecule has 0 aliphatic rings. The lowest BCUT2D eigenvalue weighted by atomic mass is 10.7. The van der Waals surface area contributed by atoms with Gasteiger partial charge in [-0.2, -0.15) is 4.98 Å². The predicted octanol–water partition coefficient (Wildman–Crippen LogP) is 2.15. The summed E-state index contributed by atoms with van der Waals surface area (Å²) in [6.07, 6.45) is 5.23. The van der Waals surface area contributed by atoms with Crippen LogP contribution in [-0.4, -0.2) is 14.4 Å². The van der Waals surface area contributed by atoms with E-state index < -0.39 is 0 Å². The lowest BCUT2D eigenvalue weighted by Gasteiger charge is -1.90. The maximum Gasteiger partial charge on any atom is 0.235 e. The van der Waals surface area contributed by atoms with E-state index in [1.165, 1.54) is 0 Å². The Hall–Kier alpha value is -0.610. The molecule has 5 heteroatoms. The van der Waals surface area contributed by atoms with Crippen molar-refractivity contribution in [3.8, 4) is 0 Å². The number of halogens is 2. The van der Waals surface area contributed by atoms with E-state index in [0.717, 1.165) is 4.47 Å². The fraction of sp³-hybridized carbons (Fsp3) is 0. The van der Waals surface area contributed by atoms with Gasteiger partial charge >= 0.3 is 0 Å². The molecule has 0 saturated carbocycles. The van der Waals surface area contributed by atoms with Gasteiger partial charge < -0.3 is 0 Å². The Kier molecular flexibility index (Phi) is 1.58. The first-order chi connectivity index (χ1) is 5.25. The summed E-state index contributed by atoms with van der Waals surface area (Å²) in [7, 11) is 0. The number of imidazole rings is 1. The SMILES string of the molecule is Clc1cn2cc(Br)cnc2n1. The van der Waals surface area contributed by atoms with Crippen LogP contribution in [0.25, 0.3) is 5.78 Å². The van der Waals surface area contributed by atoms with Gasteiger partial charge in [-0.3, -0.25) is 4.40 Å². The molecule has 0 aromatic carbocycles. The summed E-state index contributed by atoms with van der Waals surface area (Å²) in [5, 5.41) is 0.454. The summed E-state index contributed by atoms with van der Waals surface area (Å²) in [4.78, 5) is 7.97. The zero-order valence-corrected chi connectivity index (χ0v) is 7.67. The van der Waals surface area contributed by atoms with Gasteiger partial charge in [-0.25, -0.2) is 4.98 Å². The molecule has 56 valence electrons. The molecular formula is C6H3BrClN3. The highest BCUT2D eigenvalue weighted by atomic mass is 79.9. The second-order valence-corrected chi connectivity index (χ2v) is 3.35. The molecule has 0 atom stereocenters. The Morgan fingerprint density at radius 2 is 2.27 bits per heavy atom. The first kappa shape index (κ1) is 7.06. The molecule has 0 radical (unpaired) electrons. The van der Waals surface area contributed by atoms with E-state index in [-0.39, 0.29) is 0 Å². The molecule has 2 aromatic heterocycles. The van der Waals surface area contributed by atoms with E-state index in [9.17, 15) is 0 Å². The molecule has 3 nitrogen and oxygen atoms in total. The zero-order chi connectivity index (χ0) is 7.84. The largest absolute Gasteiger partial charge is 0.288 e. The number of hydrogen-bond donors (Lipinski definition) is 0. The molecule has 0 aliphatic carbocycles. The molecule has 0 amide bonds. The van der Waals surface area contributed by atoms with Gasteiger partial charge in [-0.05, 0) is 15.9 Å². The summed E-state index contributed by atoms with van der Waals surface area (Å²) < 4.78 is 2.66. The van der Waals surface area contributed by atoms with Gasteiger partial charge in [-0.15, -0.1) is 0 Å². The quantitative estimate of drug-likeness (QED) is 0.697. The van der Waals surface area contributed by atoms with E-state index >= 15 is 0 Å². The topological polar surface area (TPSA) is 30.2 Å². The third kappa shape index (κ3) is 1.23. The first-order valence-corrected chi connectivity index (χ1v) is 4.08. The second-order valence-electron chi connectivity index (χ2n) is 2.04. The van der Waals surface area contributed by atoms with Crippen molar-refractivity contribution in [1.82, 2.24) is 14.4 Å². The smallest absolute Gasteiger partial charge is 0.235 e. The van der Waals surface area contributed by atoms with Gasteiger partial charge in [0, 0.05) is 18.6 Å². The van der Waals surface area contributed by atoms with Crippen LogP contribution in [0.4, 0.5) is 0 Å². The fourth-order valence-corrected chi connectivity index (χ4v) is 1.33. The second kappa shape index (κ2) is 2.46. The highest BCUT2D eigenvalue weighted by Gasteiger charge is 1.98. The van der Waals surface area contributed by atoms with Crippen molar-refractivity contribution in [2.45, 2.75) is 0 Å². The maximum atomic E-state index is 5.65. The number of hydrogen-bond acceptors (Lipinski definition) is 2. The summed E-state index contributed by atoms with van der Waals surface area (Å²) in [6.45, 7) is 0. The van der Waals surface area contributed by atoms with Crippen molar-refractivity contribution in [3.05, 3.63) is 28.2 Å². The van der Waals surface area contributed by atoms with Crippen LogP contribution in [0.2, 0.25) is 5.15 Å². The average molecular weight is 232 g/mol. The van der Waals surface area contributed by atoms with Crippen LogP contribution in [0, 0.1) is 0 Å². The van der Waals surface area contributed by atoms with Gasteiger partial charge in [0.1, 0.15) is 5.15 Å². The standard InChI is InChI=1S/C6H3BrClN3/c7-4-1-9-6-10-5(8)3-11(6)2-4/h1-3H. The van der Waals surface area contributed by atoms with Gasteiger partial charge in [0.15, 0.2) is 0 Å². The van der Waals surface area contributed by atoms with Crippen LogP contribution in [0.3, 0.4) is 0 Å². The monoisotopic (exact) mass is 231 g/mol. The lowest BCUT2D eigenvalue weighted by Crippen LogP contribution is -1.85. The summed E-state index contributed by atoms with van der Waals surface area (Å²) in [5.74, 6) is 0.609. The average Bonchev–Trinajstić information content (AvgIpc) is 2.27. The van der Waals surface area contributed by atoms with Crippen LogP contribution >= 0.6 is 27.5 Å². The Balaban J connectivity index is 2.82. The summed E-state index contributed by atoms with van der Waals surface area (Å²) in [6, 6.07) is 0. The Morgan fingerprint density at radius 3 is 3.09 bits per heavy atom. The van der Waals surface area contributed by atoms with Crippen LogP contribution in [-0.2, 0) is 0 Å². The minimum Gasteiger partial charge on any atom is -0.288 e. The molecule has 0 unspecified atom stereocenters. The molecule has 0 N–H and O–H groups in total. The summed E-state index contributed by atoms with van der Waals surface area (Å²) >= 11 is 8.94. The molecule has 0 saturated heterocycles. The van der Waals surface area contributed by atoms with Crippen molar-refractivity contribution in [1.29, 1.82) is 0 Å². The number of aromatic nitrogens is 3. The predicted molar refractivity (Wildman–Crippen MR) is 45.7 cm³/mol. The highest BCUT2D eigenvalue weighted by molar-refractivity contribution is 9.10. The molecule has 0 bridgehead atoms. The zero-order valence-electron chi connectivity index (χ0n) is 5.33. The number of fused-ring (bicyclic) bond motifs is 1. The lowest BCUT2D eigenvalue weighted by molar-refractivity contribution is 1.10. The van der Waals surface area contributed by atoms with E-state index in [0.29, 0.717) is 10.9 Å². The molecule has 0 aliphatic heterocycles. The molecule has 11 heavy (non-hydrogen) atoms. The molecule has 0 spiro atoms. The fourth-order valence-electron chi connectivity index (χ4n) is 0.831. The van der Waals surface area contributed by atoms with Crippen molar-refractivity contribution in [3.63, 3.8) is 0 Å². The highest BCUT2D eigenvalue weighted by Crippen LogP contribution is 2.11. The van der Waals surface area contributed by atoms with E-state index in [2.05, 4.69) is 25.9 Å². The molecule has 2 heterocycles. The van der Waals surface area contributed by atoms with Gasteiger partial charge in [0.25, 0.3) is 0 Å². The number of rotatable bonds is 0. The van der Waals surface area contributed by atoms with Gasteiger partial charge in [0.2, 0.25) is 5.78 Å². The molecular weight excluding hydrogens is 229 g/mol. The van der Waals surface area contributed by atoms with Gasteiger partial charge in [-0.1, -0.05) is 11.6 Å². The third-order valence-electron chi connectivity index (χ3n) is 1.25. The van der Waals surface area contributed by atoms with Crippen molar-refractivity contribution in [2.75, 3.05) is 0 Å². The Labute approximate surface area is 76.2 Å². The van der Waals surface area contributed by atoms with Gasteiger partial charge in [0.05, 0.1) is 4.47 Å². The van der Waals surface area contributed by atoms with E-state index in [4.69, 9.17) is 11.6 Å². The summed E-state index contributed by atoms with van der Waals surface area (Å²) in [5.41, 5.74) is 0. The minimum absolute atomic E-state index is 0.454. The van der Waals surface area contributed by atoms with E-state index in [1.807, 2.05) is 6.20 Å². The molecule has 2 rings (SSSR count). The van der Waals surface area contributed by atoms with Crippen molar-refractivity contribution in [2.24, 2.45) is 0 Å². The Bertz CT molecular complexity index is 398. The van der Waals surface area contributed by atoms with Crippen LogP contribution in [0.15, 0.2) is 23.1 Å². The van der Waals surface area contributed by atoms with E-state index in [1.54, 1.807) is 16.8 Å². The van der Waals surface area contributed by atoms with Crippen LogP contribution in [0.5, 0.6) is 0 Å². The van der Waals surface area contributed by atoms with Crippen LogP contribution < -0.4 is 0 Å². The molecule has 0 fully saturated rings. The minimum atomic E-state index is 0.454. The van der Waals surface area contributed by atoms with Crippen molar-refractivity contribution >= 4 is 33.3 Å². The Morgan fingerprint density at radius 1 is 1.45 bits per heavy atom. The molecule has 2 aromatic rings. The third-order valence-corrected chi connectivity index (χ3v) is 1.84. The number of nitrogens with zero attached hydrogens (tertiary/aromatic N) is 3.